The van der Waals surface area contributed by atoms with E-state index in [-0.39, 0.29) is 0 Å². The van der Waals surface area contributed by atoms with Gasteiger partial charge in [0.05, 0.1) is 6.10 Å². The van der Waals surface area contributed by atoms with Crippen LogP contribution in [0, 0.1) is 5.92 Å². The zero-order valence-electron chi connectivity index (χ0n) is 9.67. The number of hydrogen-bond donors (Lipinski definition) is 1. The standard InChI is InChI=1S/C12H25NO/c1-10(14-2)8-12(13)9-11-6-4-3-5-7-11/h10-12H,3-9,13H2,1-2H3. The third-order valence-corrected chi connectivity index (χ3v) is 3.40. The van der Waals surface area contributed by atoms with E-state index in [4.69, 9.17) is 10.5 Å². The van der Waals surface area contributed by atoms with Crippen LogP contribution < -0.4 is 5.73 Å². The van der Waals surface area contributed by atoms with Crippen LogP contribution in [0.15, 0.2) is 0 Å². The van der Waals surface area contributed by atoms with Gasteiger partial charge in [-0.1, -0.05) is 32.1 Å². The van der Waals surface area contributed by atoms with Gasteiger partial charge in [-0.05, 0) is 25.7 Å². The number of rotatable bonds is 5. The second-order valence-corrected chi connectivity index (χ2v) is 4.78. The molecule has 2 heteroatoms. The lowest BCUT2D eigenvalue weighted by molar-refractivity contribution is 0.101. The molecule has 0 radical (unpaired) electrons. The molecule has 2 nitrogen and oxygen atoms in total. The van der Waals surface area contributed by atoms with Gasteiger partial charge in [-0.3, -0.25) is 0 Å². The van der Waals surface area contributed by atoms with Crippen molar-refractivity contribution in [2.75, 3.05) is 7.11 Å². The number of nitrogens with two attached hydrogens (primary N) is 1. The van der Waals surface area contributed by atoms with Crippen LogP contribution in [0.4, 0.5) is 0 Å². The Morgan fingerprint density at radius 1 is 1.29 bits per heavy atom. The van der Waals surface area contributed by atoms with Crippen molar-refractivity contribution >= 4 is 0 Å². The second kappa shape index (κ2) is 6.41. The summed E-state index contributed by atoms with van der Waals surface area (Å²) in [4.78, 5) is 0. The molecule has 1 fully saturated rings. The van der Waals surface area contributed by atoms with E-state index in [9.17, 15) is 0 Å². The molecule has 14 heavy (non-hydrogen) atoms. The van der Waals surface area contributed by atoms with Gasteiger partial charge >= 0.3 is 0 Å². The van der Waals surface area contributed by atoms with Crippen molar-refractivity contribution in [1.29, 1.82) is 0 Å². The molecule has 0 spiro atoms. The molecule has 1 rings (SSSR count). The lowest BCUT2D eigenvalue weighted by atomic mass is 9.84. The molecule has 1 saturated carbocycles. The Morgan fingerprint density at radius 2 is 1.93 bits per heavy atom. The highest BCUT2D eigenvalue weighted by Crippen LogP contribution is 2.27. The van der Waals surface area contributed by atoms with Crippen LogP contribution in [0.3, 0.4) is 0 Å². The number of ether oxygens (including phenoxy) is 1. The first kappa shape index (κ1) is 12.0. The molecule has 2 atom stereocenters. The topological polar surface area (TPSA) is 35.2 Å². The van der Waals surface area contributed by atoms with Crippen molar-refractivity contribution in [2.24, 2.45) is 11.7 Å². The van der Waals surface area contributed by atoms with Gasteiger partial charge in [-0.25, -0.2) is 0 Å². The summed E-state index contributed by atoms with van der Waals surface area (Å²) < 4.78 is 5.23. The largest absolute Gasteiger partial charge is 0.382 e. The van der Waals surface area contributed by atoms with Crippen molar-refractivity contribution in [3.63, 3.8) is 0 Å². The minimum Gasteiger partial charge on any atom is -0.382 e. The summed E-state index contributed by atoms with van der Waals surface area (Å²) in [5.74, 6) is 0.891. The maximum Gasteiger partial charge on any atom is 0.0558 e. The summed E-state index contributed by atoms with van der Waals surface area (Å²) in [6.45, 7) is 2.10. The van der Waals surface area contributed by atoms with Crippen LogP contribution in [0.25, 0.3) is 0 Å². The molecule has 1 aliphatic carbocycles. The lowest BCUT2D eigenvalue weighted by Crippen LogP contribution is -2.28. The van der Waals surface area contributed by atoms with Crippen LogP contribution in [0.5, 0.6) is 0 Å². The highest BCUT2D eigenvalue weighted by Gasteiger charge is 2.17. The van der Waals surface area contributed by atoms with Crippen molar-refractivity contribution < 1.29 is 4.74 Å². The Bertz CT molecular complexity index is 143. The van der Waals surface area contributed by atoms with E-state index < -0.39 is 0 Å². The minimum absolute atomic E-state index is 0.314. The molecule has 2 unspecified atom stereocenters. The number of methoxy groups -OCH3 is 1. The minimum atomic E-state index is 0.314. The van der Waals surface area contributed by atoms with E-state index in [1.54, 1.807) is 7.11 Å². The van der Waals surface area contributed by atoms with Crippen molar-refractivity contribution in [3.05, 3.63) is 0 Å². The van der Waals surface area contributed by atoms with Gasteiger partial charge in [0.15, 0.2) is 0 Å². The van der Waals surface area contributed by atoms with E-state index in [0.717, 1.165) is 12.3 Å². The molecule has 0 bridgehead atoms. The third-order valence-electron chi connectivity index (χ3n) is 3.40. The Balaban J connectivity index is 2.14. The van der Waals surface area contributed by atoms with Gasteiger partial charge in [0.25, 0.3) is 0 Å². The first-order valence-electron chi connectivity index (χ1n) is 6.00. The van der Waals surface area contributed by atoms with Crippen LogP contribution in [-0.4, -0.2) is 19.3 Å². The second-order valence-electron chi connectivity index (χ2n) is 4.78. The summed E-state index contributed by atoms with van der Waals surface area (Å²) in [6.07, 6.45) is 9.58. The van der Waals surface area contributed by atoms with Gasteiger partial charge in [0.1, 0.15) is 0 Å². The van der Waals surface area contributed by atoms with Gasteiger partial charge in [-0.15, -0.1) is 0 Å². The Morgan fingerprint density at radius 3 is 2.50 bits per heavy atom. The first-order valence-corrected chi connectivity index (χ1v) is 6.00. The fourth-order valence-corrected chi connectivity index (χ4v) is 2.47. The van der Waals surface area contributed by atoms with Crippen molar-refractivity contribution in [2.45, 2.75) is 64.0 Å². The molecule has 0 aromatic carbocycles. The van der Waals surface area contributed by atoms with E-state index in [2.05, 4.69) is 6.92 Å². The van der Waals surface area contributed by atoms with Crippen LogP contribution >= 0.6 is 0 Å². The van der Waals surface area contributed by atoms with Crippen molar-refractivity contribution in [3.8, 4) is 0 Å². The van der Waals surface area contributed by atoms with Crippen molar-refractivity contribution in [1.82, 2.24) is 0 Å². The van der Waals surface area contributed by atoms with Gasteiger partial charge in [0.2, 0.25) is 0 Å². The lowest BCUT2D eigenvalue weighted by Gasteiger charge is -2.25. The van der Waals surface area contributed by atoms with Gasteiger partial charge < -0.3 is 10.5 Å². The molecular weight excluding hydrogens is 174 g/mol. The fourth-order valence-electron chi connectivity index (χ4n) is 2.47. The summed E-state index contributed by atoms with van der Waals surface area (Å²) in [5, 5.41) is 0. The SMILES string of the molecule is COC(C)CC(N)CC1CCCCC1. The molecule has 1 aliphatic rings. The molecule has 0 saturated heterocycles. The highest BCUT2D eigenvalue weighted by molar-refractivity contribution is 4.73. The maximum atomic E-state index is 6.10. The normalized spacial score (nSPS) is 23.4. The summed E-state index contributed by atoms with van der Waals surface area (Å²) >= 11 is 0. The van der Waals surface area contributed by atoms with E-state index >= 15 is 0 Å². The summed E-state index contributed by atoms with van der Waals surface area (Å²) in [6, 6.07) is 0.341. The Hall–Kier alpha value is -0.0800. The average molecular weight is 199 g/mol. The van der Waals surface area contributed by atoms with Gasteiger partial charge in [0, 0.05) is 13.2 Å². The molecule has 0 aromatic rings. The molecular formula is C12H25NO. The maximum absolute atomic E-state index is 6.10. The van der Waals surface area contributed by atoms with Crippen LogP contribution in [0.1, 0.15) is 51.9 Å². The monoisotopic (exact) mass is 199 g/mol. The zero-order chi connectivity index (χ0) is 10.4. The molecule has 0 amide bonds. The Labute approximate surface area is 88.2 Å². The summed E-state index contributed by atoms with van der Waals surface area (Å²) in [7, 11) is 1.76. The molecule has 2 N–H and O–H groups in total. The molecule has 0 aliphatic heterocycles. The quantitative estimate of drug-likeness (QED) is 0.739. The van der Waals surface area contributed by atoms with E-state index in [1.807, 2.05) is 0 Å². The zero-order valence-corrected chi connectivity index (χ0v) is 9.67. The predicted octanol–water partition coefficient (Wildman–Crippen LogP) is 2.71. The molecule has 0 aromatic heterocycles. The first-order chi connectivity index (χ1) is 6.72. The van der Waals surface area contributed by atoms with E-state index in [1.165, 1.54) is 38.5 Å². The number of hydrogen-bond acceptors (Lipinski definition) is 2. The summed E-state index contributed by atoms with van der Waals surface area (Å²) in [5.41, 5.74) is 6.10. The predicted molar refractivity (Wildman–Crippen MR) is 60.3 cm³/mol. The highest BCUT2D eigenvalue weighted by atomic mass is 16.5. The third kappa shape index (κ3) is 4.43. The van der Waals surface area contributed by atoms with Crippen LogP contribution in [-0.2, 0) is 4.74 Å². The Kier molecular flexibility index (Phi) is 5.49. The molecule has 84 valence electrons. The fraction of sp³-hybridized carbons (Fsp3) is 1.00. The smallest absolute Gasteiger partial charge is 0.0558 e. The average Bonchev–Trinajstić information content (AvgIpc) is 2.19. The van der Waals surface area contributed by atoms with E-state index in [0.29, 0.717) is 12.1 Å². The van der Waals surface area contributed by atoms with Gasteiger partial charge in [-0.2, -0.15) is 0 Å². The molecule has 0 heterocycles. The van der Waals surface area contributed by atoms with Crippen LogP contribution in [0.2, 0.25) is 0 Å².